The van der Waals surface area contributed by atoms with Gasteiger partial charge >= 0.3 is 0 Å². The third-order valence-electron chi connectivity index (χ3n) is 6.27. The minimum Gasteiger partial charge on any atom is -0.298 e. The number of halogens is 2. The molecule has 0 saturated carbocycles. The molecule has 0 spiro atoms. The molecule has 1 fully saturated rings. The van der Waals surface area contributed by atoms with Crippen LogP contribution in [0.3, 0.4) is 0 Å². The summed E-state index contributed by atoms with van der Waals surface area (Å²) in [5, 5.41) is 0.518. The van der Waals surface area contributed by atoms with Gasteiger partial charge in [-0.25, -0.2) is 8.42 Å². The second kappa shape index (κ2) is 9.58. The van der Waals surface area contributed by atoms with Gasteiger partial charge in [0, 0.05) is 37.7 Å². The Hall–Kier alpha value is -1.11. The van der Waals surface area contributed by atoms with Crippen LogP contribution in [0.4, 0.5) is 0 Å². The van der Waals surface area contributed by atoms with Crippen LogP contribution in [0.25, 0.3) is 0 Å². The van der Waals surface area contributed by atoms with Gasteiger partial charge in [0.05, 0.1) is 4.90 Å². The Morgan fingerprint density at radius 3 is 2.60 bits per heavy atom. The Labute approximate surface area is 191 Å². The van der Waals surface area contributed by atoms with Gasteiger partial charge in [-0.3, -0.25) is 4.90 Å². The number of nitrogens with zero attached hydrogens (tertiary/aromatic N) is 2. The monoisotopic (exact) mass is 468 g/mol. The van der Waals surface area contributed by atoms with Crippen molar-refractivity contribution >= 4 is 34.0 Å². The number of hydrogen-bond donors (Lipinski definition) is 0. The molecule has 2 aromatic carbocycles. The summed E-state index contributed by atoms with van der Waals surface area (Å²) < 4.78 is 28.4. The summed E-state index contributed by atoms with van der Waals surface area (Å²) in [6.45, 7) is 7.82. The highest BCUT2D eigenvalue weighted by Crippen LogP contribution is 2.31. The highest BCUT2D eigenvalue weighted by atomic mass is 35.5. The molecular weight excluding hydrogens is 439 g/mol. The van der Waals surface area contributed by atoms with Gasteiger partial charge in [-0.2, -0.15) is 4.31 Å². The van der Waals surface area contributed by atoms with E-state index in [0.717, 1.165) is 44.5 Å². The summed E-state index contributed by atoms with van der Waals surface area (Å²) in [6.07, 6.45) is 3.07. The van der Waals surface area contributed by atoms with Gasteiger partial charge < -0.3 is 0 Å². The summed E-state index contributed by atoms with van der Waals surface area (Å²) in [4.78, 5) is 2.84. The van der Waals surface area contributed by atoms with Gasteiger partial charge in [0.1, 0.15) is 0 Å². The van der Waals surface area contributed by atoms with E-state index in [2.05, 4.69) is 29.2 Å². The molecule has 30 heavy (non-hydrogen) atoms. The molecule has 7 heteroatoms. The molecule has 0 N–H and O–H groups in total. The van der Waals surface area contributed by atoms with Crippen molar-refractivity contribution in [3.8, 4) is 0 Å². The molecule has 1 saturated heterocycles. The molecule has 4 nitrogen and oxygen atoms in total. The van der Waals surface area contributed by atoms with Crippen molar-refractivity contribution in [1.29, 1.82) is 0 Å². The Balaban J connectivity index is 0.00000256. The lowest BCUT2D eigenvalue weighted by Crippen LogP contribution is -2.44. The first-order valence-electron chi connectivity index (χ1n) is 10.4. The number of benzene rings is 2. The number of rotatable bonds is 4. The van der Waals surface area contributed by atoms with E-state index in [1.54, 1.807) is 17.3 Å². The van der Waals surface area contributed by atoms with Crippen LogP contribution in [-0.4, -0.2) is 43.8 Å². The van der Waals surface area contributed by atoms with Crippen molar-refractivity contribution in [2.75, 3.05) is 26.2 Å². The number of aryl methyl sites for hydroxylation is 1. The van der Waals surface area contributed by atoms with Crippen molar-refractivity contribution in [3.05, 3.63) is 63.7 Å². The maximum atomic E-state index is 13.4. The zero-order valence-corrected chi connectivity index (χ0v) is 20.0. The maximum absolute atomic E-state index is 13.4. The molecule has 2 aliphatic rings. The van der Waals surface area contributed by atoms with E-state index in [1.165, 1.54) is 11.1 Å². The fourth-order valence-electron chi connectivity index (χ4n) is 4.66. The largest absolute Gasteiger partial charge is 0.298 e. The number of piperidine rings is 1. The molecule has 1 unspecified atom stereocenters. The van der Waals surface area contributed by atoms with Crippen molar-refractivity contribution in [3.63, 3.8) is 0 Å². The van der Waals surface area contributed by atoms with Crippen LogP contribution >= 0.6 is 24.0 Å². The fraction of sp³-hybridized carbons (Fsp3) is 0.478. The van der Waals surface area contributed by atoms with Gasteiger partial charge in [0.25, 0.3) is 0 Å². The molecule has 0 amide bonds. The second-order valence-corrected chi connectivity index (χ2v) is 10.8. The number of sulfonamides is 1. The molecule has 4 rings (SSSR count). The molecule has 1 atom stereocenters. The van der Waals surface area contributed by atoms with E-state index in [1.807, 2.05) is 13.0 Å². The molecule has 0 aromatic heterocycles. The van der Waals surface area contributed by atoms with E-state index >= 15 is 0 Å². The number of hydrogen-bond acceptors (Lipinski definition) is 3. The van der Waals surface area contributed by atoms with Gasteiger partial charge in [-0.1, -0.05) is 35.9 Å². The van der Waals surface area contributed by atoms with Crippen LogP contribution < -0.4 is 0 Å². The van der Waals surface area contributed by atoms with Crippen molar-refractivity contribution in [2.45, 2.75) is 44.6 Å². The molecular formula is C23H30Cl2N2O2S. The minimum atomic E-state index is -3.53. The quantitative estimate of drug-likeness (QED) is 0.644. The zero-order chi connectivity index (χ0) is 20.6. The second-order valence-electron chi connectivity index (χ2n) is 8.50. The van der Waals surface area contributed by atoms with E-state index in [9.17, 15) is 8.42 Å². The van der Waals surface area contributed by atoms with Crippen LogP contribution in [0.1, 0.15) is 35.1 Å². The maximum Gasteiger partial charge on any atom is 0.243 e. The molecule has 2 aromatic rings. The Kier molecular flexibility index (Phi) is 7.52. The summed E-state index contributed by atoms with van der Waals surface area (Å²) in [5.74, 6) is 0.365. The molecule has 0 radical (unpaired) electrons. The Morgan fingerprint density at radius 1 is 1.10 bits per heavy atom. The third-order valence-corrected chi connectivity index (χ3v) is 8.65. The summed E-state index contributed by atoms with van der Waals surface area (Å²) in [6, 6.07) is 12.2. The van der Waals surface area contributed by atoms with Crippen molar-refractivity contribution < 1.29 is 8.42 Å². The Morgan fingerprint density at radius 2 is 1.83 bits per heavy atom. The van der Waals surface area contributed by atoms with Crippen molar-refractivity contribution in [2.24, 2.45) is 5.92 Å². The highest BCUT2D eigenvalue weighted by Gasteiger charge is 2.33. The topological polar surface area (TPSA) is 40.6 Å². The lowest BCUT2D eigenvalue weighted by molar-refractivity contribution is 0.167. The van der Waals surface area contributed by atoms with Crippen LogP contribution in [0, 0.1) is 19.8 Å². The fourth-order valence-corrected chi connectivity index (χ4v) is 6.88. The normalized spacial score (nSPS) is 20.4. The average Bonchev–Trinajstić information content (AvgIpc) is 2.70. The zero-order valence-electron chi connectivity index (χ0n) is 17.6. The average molecular weight is 469 g/mol. The van der Waals surface area contributed by atoms with Crippen LogP contribution in [-0.2, 0) is 23.0 Å². The third kappa shape index (κ3) is 4.86. The predicted molar refractivity (Wildman–Crippen MR) is 125 cm³/mol. The van der Waals surface area contributed by atoms with E-state index < -0.39 is 10.0 Å². The number of fused-ring (bicyclic) bond motifs is 1. The SMILES string of the molecule is Cc1cc(Cl)c(C)c(S(=O)(=O)N2CCCC(CN3CCc4ccccc4C3)C2)c1.Cl. The van der Waals surface area contributed by atoms with Gasteiger partial charge in [-0.15, -0.1) is 12.4 Å². The van der Waals surface area contributed by atoms with Crippen LogP contribution in [0.5, 0.6) is 0 Å². The van der Waals surface area contributed by atoms with Crippen LogP contribution in [0.2, 0.25) is 5.02 Å². The lowest BCUT2D eigenvalue weighted by Gasteiger charge is -2.37. The lowest BCUT2D eigenvalue weighted by atomic mass is 9.95. The molecule has 164 valence electrons. The smallest absolute Gasteiger partial charge is 0.243 e. The van der Waals surface area contributed by atoms with E-state index in [4.69, 9.17) is 11.6 Å². The minimum absolute atomic E-state index is 0. The van der Waals surface area contributed by atoms with Gasteiger partial charge in [-0.05, 0) is 73.4 Å². The summed E-state index contributed by atoms with van der Waals surface area (Å²) >= 11 is 6.27. The van der Waals surface area contributed by atoms with E-state index in [0.29, 0.717) is 34.5 Å². The Bertz CT molecular complexity index is 1010. The van der Waals surface area contributed by atoms with Gasteiger partial charge in [0.15, 0.2) is 0 Å². The molecule has 0 aliphatic carbocycles. The first-order valence-corrected chi connectivity index (χ1v) is 12.2. The van der Waals surface area contributed by atoms with E-state index in [-0.39, 0.29) is 12.4 Å². The molecule has 2 heterocycles. The standard InChI is InChI=1S/C23H29ClN2O2S.ClH/c1-17-12-22(24)18(2)23(13-17)29(27,28)26-10-5-6-19(15-26)14-25-11-9-20-7-3-4-8-21(20)16-25;/h3-4,7-8,12-13,19H,5-6,9-11,14-16H2,1-2H3;1H. The summed E-state index contributed by atoms with van der Waals surface area (Å²) in [5.41, 5.74) is 4.37. The molecule has 2 aliphatic heterocycles. The summed E-state index contributed by atoms with van der Waals surface area (Å²) in [7, 11) is -3.53. The first-order chi connectivity index (χ1) is 13.8. The highest BCUT2D eigenvalue weighted by molar-refractivity contribution is 7.89. The molecule has 0 bridgehead atoms. The predicted octanol–water partition coefficient (Wildman–Crippen LogP) is 4.84. The van der Waals surface area contributed by atoms with Gasteiger partial charge in [0.2, 0.25) is 10.0 Å². The van der Waals surface area contributed by atoms with Crippen LogP contribution in [0.15, 0.2) is 41.3 Å². The van der Waals surface area contributed by atoms with Crippen molar-refractivity contribution in [1.82, 2.24) is 9.21 Å². The first kappa shape index (κ1) is 23.6.